The van der Waals surface area contributed by atoms with Gasteiger partial charge in [0.15, 0.2) is 0 Å². The van der Waals surface area contributed by atoms with E-state index in [1.165, 1.54) is 0 Å². The first kappa shape index (κ1) is 14.8. The van der Waals surface area contributed by atoms with Crippen LogP contribution in [-0.4, -0.2) is 36.7 Å². The summed E-state index contributed by atoms with van der Waals surface area (Å²) in [6, 6.07) is -0.184. The highest BCUT2D eigenvalue weighted by atomic mass is 32.2. The highest BCUT2D eigenvalue weighted by Gasteiger charge is 2.19. The zero-order valence-corrected chi connectivity index (χ0v) is 11.2. The van der Waals surface area contributed by atoms with Crippen LogP contribution in [0.3, 0.4) is 0 Å². The SMILES string of the molecule is CCOC(=O)C(CSC(C)C(C)C)NC. The average molecular weight is 233 g/mol. The highest BCUT2D eigenvalue weighted by Crippen LogP contribution is 2.19. The van der Waals surface area contributed by atoms with Crippen LogP contribution in [0.1, 0.15) is 27.7 Å². The maximum absolute atomic E-state index is 11.5. The lowest BCUT2D eigenvalue weighted by Crippen LogP contribution is -2.38. The number of carbonyl (C=O) groups excluding carboxylic acids is 1. The van der Waals surface area contributed by atoms with Crippen molar-refractivity contribution in [2.45, 2.75) is 39.0 Å². The fourth-order valence-corrected chi connectivity index (χ4v) is 2.14. The molecule has 0 amide bonds. The van der Waals surface area contributed by atoms with Gasteiger partial charge in [-0.25, -0.2) is 0 Å². The van der Waals surface area contributed by atoms with Crippen molar-refractivity contribution < 1.29 is 9.53 Å². The Kier molecular flexibility index (Phi) is 7.88. The van der Waals surface area contributed by atoms with Crippen LogP contribution in [0.25, 0.3) is 0 Å². The van der Waals surface area contributed by atoms with Gasteiger partial charge in [-0.05, 0) is 19.9 Å². The van der Waals surface area contributed by atoms with Gasteiger partial charge in [-0.3, -0.25) is 4.79 Å². The Morgan fingerprint density at radius 2 is 2.00 bits per heavy atom. The number of nitrogens with one attached hydrogen (secondary N) is 1. The van der Waals surface area contributed by atoms with Crippen molar-refractivity contribution in [3.8, 4) is 0 Å². The number of carbonyl (C=O) groups is 1. The number of ether oxygens (including phenoxy) is 1. The largest absolute Gasteiger partial charge is 0.465 e. The molecule has 0 heterocycles. The van der Waals surface area contributed by atoms with Gasteiger partial charge in [0.05, 0.1) is 6.61 Å². The number of thioether (sulfide) groups is 1. The summed E-state index contributed by atoms with van der Waals surface area (Å²) in [5.74, 6) is 1.26. The molecule has 0 aliphatic heterocycles. The topological polar surface area (TPSA) is 38.3 Å². The van der Waals surface area contributed by atoms with Gasteiger partial charge in [-0.1, -0.05) is 20.8 Å². The van der Waals surface area contributed by atoms with E-state index in [0.29, 0.717) is 17.8 Å². The molecule has 4 heteroatoms. The van der Waals surface area contributed by atoms with Crippen LogP contribution in [-0.2, 0) is 9.53 Å². The maximum Gasteiger partial charge on any atom is 0.323 e. The summed E-state index contributed by atoms with van der Waals surface area (Å²) in [5, 5.41) is 3.55. The molecule has 0 saturated heterocycles. The van der Waals surface area contributed by atoms with Gasteiger partial charge in [0.25, 0.3) is 0 Å². The fourth-order valence-electron chi connectivity index (χ4n) is 0.953. The molecule has 0 aromatic heterocycles. The molecule has 15 heavy (non-hydrogen) atoms. The standard InChI is InChI=1S/C11H23NO2S/c1-6-14-11(13)10(12-5)7-15-9(4)8(2)3/h8-10,12H,6-7H2,1-5H3. The summed E-state index contributed by atoms with van der Waals surface area (Å²) in [6.07, 6.45) is 0. The van der Waals surface area contributed by atoms with Gasteiger partial charge in [0.2, 0.25) is 0 Å². The molecule has 0 aromatic carbocycles. The van der Waals surface area contributed by atoms with Gasteiger partial charge in [0, 0.05) is 11.0 Å². The third kappa shape index (κ3) is 6.05. The van der Waals surface area contributed by atoms with E-state index in [9.17, 15) is 4.79 Å². The molecule has 0 aliphatic rings. The molecule has 90 valence electrons. The first-order chi connectivity index (χ1) is 7.02. The summed E-state index contributed by atoms with van der Waals surface area (Å²) in [4.78, 5) is 11.5. The van der Waals surface area contributed by atoms with Crippen LogP contribution >= 0.6 is 11.8 Å². The van der Waals surface area contributed by atoms with Crippen LogP contribution in [0.15, 0.2) is 0 Å². The molecule has 0 bridgehead atoms. The van der Waals surface area contributed by atoms with Crippen molar-refractivity contribution in [1.82, 2.24) is 5.32 Å². The van der Waals surface area contributed by atoms with Crippen LogP contribution in [0.4, 0.5) is 0 Å². The molecule has 0 rings (SSSR count). The van der Waals surface area contributed by atoms with E-state index in [1.807, 2.05) is 18.7 Å². The van der Waals surface area contributed by atoms with E-state index in [1.54, 1.807) is 7.05 Å². The van der Waals surface area contributed by atoms with E-state index < -0.39 is 0 Å². The van der Waals surface area contributed by atoms with Crippen molar-refractivity contribution in [3.63, 3.8) is 0 Å². The Balaban J connectivity index is 3.94. The van der Waals surface area contributed by atoms with Crippen molar-refractivity contribution >= 4 is 17.7 Å². The summed E-state index contributed by atoms with van der Waals surface area (Å²) in [5.41, 5.74) is 0. The molecule has 0 aliphatic carbocycles. The van der Waals surface area contributed by atoms with Crippen LogP contribution in [0, 0.1) is 5.92 Å². The Morgan fingerprint density at radius 3 is 2.40 bits per heavy atom. The molecule has 0 aromatic rings. The number of hydrogen-bond acceptors (Lipinski definition) is 4. The Bertz CT molecular complexity index is 185. The summed E-state index contributed by atoms with van der Waals surface area (Å²) in [6.45, 7) is 8.84. The summed E-state index contributed by atoms with van der Waals surface area (Å²) >= 11 is 1.81. The second-order valence-electron chi connectivity index (χ2n) is 3.88. The van der Waals surface area contributed by atoms with E-state index in [0.717, 1.165) is 5.75 Å². The maximum atomic E-state index is 11.5. The number of hydrogen-bond donors (Lipinski definition) is 1. The lowest BCUT2D eigenvalue weighted by Gasteiger charge is -2.19. The molecule has 2 unspecified atom stereocenters. The molecular formula is C11H23NO2S. The molecule has 3 nitrogen and oxygen atoms in total. The van der Waals surface area contributed by atoms with Gasteiger partial charge < -0.3 is 10.1 Å². The van der Waals surface area contributed by atoms with E-state index in [-0.39, 0.29) is 12.0 Å². The molecular weight excluding hydrogens is 210 g/mol. The van der Waals surface area contributed by atoms with Crippen molar-refractivity contribution in [1.29, 1.82) is 0 Å². The predicted molar refractivity (Wildman–Crippen MR) is 66.2 cm³/mol. The lowest BCUT2D eigenvalue weighted by atomic mass is 10.2. The summed E-state index contributed by atoms with van der Waals surface area (Å²) < 4.78 is 4.97. The van der Waals surface area contributed by atoms with Gasteiger partial charge in [-0.15, -0.1) is 0 Å². The zero-order valence-electron chi connectivity index (χ0n) is 10.4. The van der Waals surface area contributed by atoms with Crippen molar-refractivity contribution in [3.05, 3.63) is 0 Å². The first-order valence-corrected chi connectivity index (χ1v) is 6.53. The van der Waals surface area contributed by atoms with Crippen LogP contribution in [0.5, 0.6) is 0 Å². The number of rotatable bonds is 7. The third-order valence-electron chi connectivity index (χ3n) is 2.38. The smallest absolute Gasteiger partial charge is 0.323 e. The Morgan fingerprint density at radius 1 is 1.40 bits per heavy atom. The lowest BCUT2D eigenvalue weighted by molar-refractivity contribution is -0.144. The van der Waals surface area contributed by atoms with Crippen LogP contribution < -0.4 is 5.32 Å². The highest BCUT2D eigenvalue weighted by molar-refractivity contribution is 7.99. The molecule has 0 saturated carbocycles. The second-order valence-corrected chi connectivity index (χ2v) is 5.29. The number of esters is 1. The number of likely N-dealkylation sites (N-methyl/N-ethyl adjacent to an activating group) is 1. The second kappa shape index (κ2) is 7.99. The van der Waals surface area contributed by atoms with Crippen molar-refractivity contribution in [2.75, 3.05) is 19.4 Å². The molecule has 0 spiro atoms. The minimum atomic E-state index is -0.184. The van der Waals surface area contributed by atoms with E-state index in [2.05, 4.69) is 26.1 Å². The monoisotopic (exact) mass is 233 g/mol. The van der Waals surface area contributed by atoms with Gasteiger partial charge >= 0.3 is 5.97 Å². The van der Waals surface area contributed by atoms with Gasteiger partial charge in [0.1, 0.15) is 6.04 Å². The minimum absolute atomic E-state index is 0.150. The quantitative estimate of drug-likeness (QED) is 0.682. The first-order valence-electron chi connectivity index (χ1n) is 5.48. The molecule has 0 radical (unpaired) electrons. The molecule has 2 atom stereocenters. The van der Waals surface area contributed by atoms with E-state index >= 15 is 0 Å². The molecule has 0 fully saturated rings. The fraction of sp³-hybridized carbons (Fsp3) is 0.909. The third-order valence-corrected chi connectivity index (χ3v) is 3.98. The Hall–Kier alpha value is -0.220. The predicted octanol–water partition coefficient (Wildman–Crippen LogP) is 1.92. The normalized spacial score (nSPS) is 15.1. The van der Waals surface area contributed by atoms with E-state index in [4.69, 9.17) is 4.74 Å². The van der Waals surface area contributed by atoms with Gasteiger partial charge in [-0.2, -0.15) is 11.8 Å². The average Bonchev–Trinajstić information content (AvgIpc) is 2.18. The van der Waals surface area contributed by atoms with Crippen LogP contribution in [0.2, 0.25) is 0 Å². The Labute approximate surface area is 97.3 Å². The summed E-state index contributed by atoms with van der Waals surface area (Å²) in [7, 11) is 1.79. The minimum Gasteiger partial charge on any atom is -0.465 e. The zero-order chi connectivity index (χ0) is 11.8. The van der Waals surface area contributed by atoms with Crippen molar-refractivity contribution in [2.24, 2.45) is 5.92 Å². The molecule has 1 N–H and O–H groups in total.